The largest absolute Gasteiger partial charge is 1.00 e. The summed E-state index contributed by atoms with van der Waals surface area (Å²) in [5.74, 6) is -0.129. The number of carbonyl (C=O) groups is 1. The van der Waals surface area contributed by atoms with Gasteiger partial charge < -0.3 is 23.4 Å². The zero-order chi connectivity index (χ0) is 20.9. The van der Waals surface area contributed by atoms with Crippen LogP contribution in [0, 0.1) is 0 Å². The standard InChI is InChI=1S/C21H19O7P.Na/c1-25-18-13-17(28-29(23,24)27-16-11-7-4-8-12-16)14-19(26-2)20(18)21(22)15-9-5-3-6-10-15;/h3-14H,1-2H3,(H,23,24);/q;+1/p-1. The van der Waals surface area contributed by atoms with Crippen molar-refractivity contribution in [2.24, 2.45) is 0 Å². The number of phosphoric acid groups is 1. The Bertz CT molecular complexity index is 1020. The Hall–Kier alpha value is -2.28. The average Bonchev–Trinajstić information content (AvgIpc) is 2.73. The topological polar surface area (TPSA) is 94.1 Å². The number of ketones is 1. The van der Waals surface area contributed by atoms with E-state index in [1.165, 1.54) is 38.5 Å². The molecule has 9 heteroatoms. The molecule has 0 aliphatic rings. The summed E-state index contributed by atoms with van der Waals surface area (Å²) in [7, 11) is -2.02. The van der Waals surface area contributed by atoms with E-state index in [0.717, 1.165) is 0 Å². The van der Waals surface area contributed by atoms with E-state index in [-0.39, 0.29) is 63.9 Å². The van der Waals surface area contributed by atoms with Crippen molar-refractivity contribution in [3.8, 4) is 23.0 Å². The van der Waals surface area contributed by atoms with Crippen LogP contribution in [0.25, 0.3) is 0 Å². The molecule has 3 rings (SSSR count). The number of phosphoric ester groups is 1. The fourth-order valence-electron chi connectivity index (χ4n) is 2.66. The molecule has 0 bridgehead atoms. The monoisotopic (exact) mass is 436 g/mol. The van der Waals surface area contributed by atoms with E-state index in [0.29, 0.717) is 5.56 Å². The van der Waals surface area contributed by atoms with Gasteiger partial charge in [-0.2, -0.15) is 0 Å². The number of para-hydroxylation sites is 1. The number of rotatable bonds is 8. The van der Waals surface area contributed by atoms with Gasteiger partial charge in [-0.25, -0.2) is 4.57 Å². The van der Waals surface area contributed by atoms with Crippen LogP contribution in [0.15, 0.2) is 72.8 Å². The van der Waals surface area contributed by atoms with Crippen LogP contribution in [-0.2, 0) is 4.57 Å². The molecule has 1 atom stereocenters. The molecule has 0 saturated carbocycles. The van der Waals surface area contributed by atoms with Crippen molar-refractivity contribution in [1.29, 1.82) is 0 Å². The van der Waals surface area contributed by atoms with Crippen molar-refractivity contribution in [3.05, 3.63) is 83.9 Å². The van der Waals surface area contributed by atoms with E-state index < -0.39 is 7.82 Å². The quantitative estimate of drug-likeness (QED) is 0.294. The second-order valence-electron chi connectivity index (χ2n) is 5.84. The first-order chi connectivity index (χ1) is 13.9. The molecule has 30 heavy (non-hydrogen) atoms. The third kappa shape index (κ3) is 5.88. The first-order valence-electron chi connectivity index (χ1n) is 8.54. The molecular weight excluding hydrogens is 418 g/mol. The van der Waals surface area contributed by atoms with E-state index in [9.17, 15) is 14.3 Å². The van der Waals surface area contributed by atoms with Gasteiger partial charge in [-0.3, -0.25) is 4.79 Å². The summed E-state index contributed by atoms with van der Waals surface area (Å²) < 4.78 is 32.8. The molecule has 150 valence electrons. The molecule has 0 aliphatic carbocycles. The Balaban J connectivity index is 0.00000320. The van der Waals surface area contributed by atoms with Gasteiger partial charge in [-0.15, -0.1) is 0 Å². The van der Waals surface area contributed by atoms with Crippen LogP contribution >= 0.6 is 7.82 Å². The predicted octanol–water partition coefficient (Wildman–Crippen LogP) is 0.865. The van der Waals surface area contributed by atoms with Crippen molar-refractivity contribution in [3.63, 3.8) is 0 Å². The third-order valence-corrected chi connectivity index (χ3v) is 4.79. The van der Waals surface area contributed by atoms with Gasteiger partial charge in [0.25, 0.3) is 0 Å². The number of hydrogen-bond acceptors (Lipinski definition) is 7. The van der Waals surface area contributed by atoms with Gasteiger partial charge in [0, 0.05) is 17.7 Å². The molecule has 0 amide bonds. The van der Waals surface area contributed by atoms with E-state index in [1.807, 2.05) is 0 Å². The molecule has 0 aromatic heterocycles. The average molecular weight is 436 g/mol. The maximum atomic E-state index is 12.9. The fourth-order valence-corrected chi connectivity index (χ4v) is 3.44. The summed E-state index contributed by atoms with van der Waals surface area (Å²) >= 11 is 0. The minimum Gasteiger partial charge on any atom is -0.736 e. The molecule has 0 saturated heterocycles. The first-order valence-corrected chi connectivity index (χ1v) is 10.0. The zero-order valence-electron chi connectivity index (χ0n) is 16.7. The SMILES string of the molecule is COc1cc(OP(=O)([O-])Oc2ccccc2)cc(OC)c1C(=O)c1ccccc1.[Na+]. The number of ether oxygens (including phenoxy) is 2. The van der Waals surface area contributed by atoms with Gasteiger partial charge >= 0.3 is 37.4 Å². The number of hydrogen-bond donors (Lipinski definition) is 0. The molecule has 3 aromatic rings. The van der Waals surface area contributed by atoms with Gasteiger partial charge in [-0.05, 0) is 12.1 Å². The molecule has 0 heterocycles. The molecule has 0 aliphatic heterocycles. The Kier molecular flexibility index (Phi) is 8.53. The maximum absolute atomic E-state index is 12.9. The molecule has 3 aromatic carbocycles. The number of carbonyl (C=O) groups excluding carboxylic acids is 1. The summed E-state index contributed by atoms with van der Waals surface area (Å²) in [6, 6.07) is 19.1. The molecule has 1 unspecified atom stereocenters. The first kappa shape index (κ1) is 24.0. The van der Waals surface area contributed by atoms with E-state index in [4.69, 9.17) is 18.5 Å². The van der Waals surface area contributed by atoms with Gasteiger partial charge in [-0.1, -0.05) is 48.5 Å². The van der Waals surface area contributed by atoms with Crippen LogP contribution in [0.1, 0.15) is 15.9 Å². The van der Waals surface area contributed by atoms with Crippen LogP contribution in [0.5, 0.6) is 23.0 Å². The molecular formula is C21H18NaO7P. The normalized spacial score (nSPS) is 12.1. The zero-order valence-corrected chi connectivity index (χ0v) is 19.6. The Morgan fingerprint density at radius 3 is 1.77 bits per heavy atom. The Morgan fingerprint density at radius 2 is 1.27 bits per heavy atom. The van der Waals surface area contributed by atoms with Gasteiger partial charge in [0.1, 0.15) is 28.6 Å². The summed E-state index contributed by atoms with van der Waals surface area (Å²) in [4.78, 5) is 25.1. The summed E-state index contributed by atoms with van der Waals surface area (Å²) in [6.07, 6.45) is 0. The van der Waals surface area contributed by atoms with Crippen molar-refractivity contribution in [1.82, 2.24) is 0 Å². The van der Waals surface area contributed by atoms with E-state index in [1.54, 1.807) is 48.5 Å². The molecule has 7 nitrogen and oxygen atoms in total. The summed E-state index contributed by atoms with van der Waals surface area (Å²) in [5, 5.41) is 0. The molecule has 0 fully saturated rings. The van der Waals surface area contributed by atoms with Crippen molar-refractivity contribution < 1.29 is 62.3 Å². The van der Waals surface area contributed by atoms with Crippen molar-refractivity contribution >= 4 is 13.6 Å². The van der Waals surface area contributed by atoms with E-state index >= 15 is 0 Å². The van der Waals surface area contributed by atoms with Gasteiger partial charge in [0.15, 0.2) is 0 Å². The number of benzene rings is 3. The summed E-state index contributed by atoms with van der Waals surface area (Å²) in [6.45, 7) is 0. The second kappa shape index (κ2) is 10.7. The van der Waals surface area contributed by atoms with Crippen LogP contribution in [-0.4, -0.2) is 20.0 Å². The van der Waals surface area contributed by atoms with Gasteiger partial charge in [0.2, 0.25) is 5.78 Å². The second-order valence-corrected chi connectivity index (χ2v) is 7.10. The Labute approximate surface area is 196 Å². The van der Waals surface area contributed by atoms with Crippen molar-refractivity contribution in [2.45, 2.75) is 0 Å². The van der Waals surface area contributed by atoms with Gasteiger partial charge in [0.05, 0.1) is 14.2 Å². The van der Waals surface area contributed by atoms with Crippen LogP contribution in [0.4, 0.5) is 0 Å². The fraction of sp³-hybridized carbons (Fsp3) is 0.0952. The van der Waals surface area contributed by atoms with Crippen LogP contribution in [0.2, 0.25) is 0 Å². The number of methoxy groups -OCH3 is 2. The molecule has 0 spiro atoms. The van der Waals surface area contributed by atoms with Crippen LogP contribution < -0.4 is 53.0 Å². The minimum absolute atomic E-state index is 0. The van der Waals surface area contributed by atoms with E-state index in [2.05, 4.69) is 0 Å². The van der Waals surface area contributed by atoms with Crippen LogP contribution in [0.3, 0.4) is 0 Å². The molecule has 0 N–H and O–H groups in total. The molecule has 0 radical (unpaired) electrons. The Morgan fingerprint density at radius 1 is 0.800 bits per heavy atom. The third-order valence-electron chi connectivity index (χ3n) is 3.92. The predicted molar refractivity (Wildman–Crippen MR) is 105 cm³/mol. The minimum atomic E-state index is -4.74. The maximum Gasteiger partial charge on any atom is 1.00 e. The van der Waals surface area contributed by atoms with Crippen molar-refractivity contribution in [2.75, 3.05) is 14.2 Å². The smallest absolute Gasteiger partial charge is 0.736 e. The summed E-state index contributed by atoms with van der Waals surface area (Å²) in [5.41, 5.74) is 0.581.